The van der Waals surface area contributed by atoms with Crippen LogP contribution >= 0.6 is 35.6 Å². The molecule has 7 nitrogen and oxygen atoms in total. The molecule has 0 radical (unpaired) electrons. The molecule has 0 amide bonds. The van der Waals surface area contributed by atoms with Crippen LogP contribution in [0, 0.1) is 0 Å². The SMILES string of the molecule is CN=C(NCCCc1nnc2n1CCCCC2)N1CCN(c2ccccc2Cl)CC1.I. The predicted octanol–water partition coefficient (Wildman–Crippen LogP) is 3.61. The third kappa shape index (κ3) is 6.03. The Morgan fingerprint density at radius 1 is 1.06 bits per heavy atom. The van der Waals surface area contributed by atoms with Crippen molar-refractivity contribution < 1.29 is 0 Å². The lowest BCUT2D eigenvalue weighted by molar-refractivity contribution is 0.372. The van der Waals surface area contributed by atoms with E-state index in [0.717, 1.165) is 81.0 Å². The molecule has 0 saturated carbocycles. The molecule has 0 aliphatic carbocycles. The summed E-state index contributed by atoms with van der Waals surface area (Å²) in [7, 11) is 1.86. The zero-order chi connectivity index (χ0) is 20.8. The van der Waals surface area contributed by atoms with Gasteiger partial charge in [-0.2, -0.15) is 0 Å². The number of aromatic nitrogens is 3. The maximum absolute atomic E-state index is 6.36. The number of piperazine rings is 1. The number of benzene rings is 1. The Balaban J connectivity index is 0.00000272. The highest BCUT2D eigenvalue weighted by atomic mass is 127. The summed E-state index contributed by atoms with van der Waals surface area (Å²) in [6.45, 7) is 5.71. The van der Waals surface area contributed by atoms with E-state index in [1.807, 2.05) is 25.2 Å². The van der Waals surface area contributed by atoms with Gasteiger partial charge in [-0.1, -0.05) is 30.2 Å². The van der Waals surface area contributed by atoms with Crippen LogP contribution < -0.4 is 10.2 Å². The second kappa shape index (κ2) is 11.9. The van der Waals surface area contributed by atoms with Crippen molar-refractivity contribution in [2.45, 2.75) is 45.1 Å². The van der Waals surface area contributed by atoms with Gasteiger partial charge in [-0.25, -0.2) is 0 Å². The van der Waals surface area contributed by atoms with Gasteiger partial charge in [0, 0.05) is 59.2 Å². The Bertz CT molecular complexity index is 861. The molecule has 1 fully saturated rings. The number of hydrogen-bond donors (Lipinski definition) is 1. The van der Waals surface area contributed by atoms with E-state index in [1.54, 1.807) is 0 Å². The minimum atomic E-state index is 0. The monoisotopic (exact) mass is 557 g/mol. The normalized spacial score (nSPS) is 17.0. The summed E-state index contributed by atoms with van der Waals surface area (Å²) < 4.78 is 2.34. The van der Waals surface area contributed by atoms with Crippen molar-refractivity contribution in [1.82, 2.24) is 25.0 Å². The topological polar surface area (TPSA) is 61.6 Å². The average molecular weight is 558 g/mol. The molecule has 1 saturated heterocycles. The van der Waals surface area contributed by atoms with Gasteiger partial charge in [-0.15, -0.1) is 34.2 Å². The van der Waals surface area contributed by atoms with Crippen LogP contribution in [0.5, 0.6) is 0 Å². The second-order valence-electron chi connectivity index (χ2n) is 8.00. The average Bonchev–Trinajstić information content (AvgIpc) is 3.00. The number of halogens is 2. The van der Waals surface area contributed by atoms with Crippen molar-refractivity contribution in [3.05, 3.63) is 40.9 Å². The Morgan fingerprint density at radius 2 is 1.87 bits per heavy atom. The third-order valence-corrected chi connectivity index (χ3v) is 6.35. The zero-order valence-electron chi connectivity index (χ0n) is 18.3. The molecule has 9 heteroatoms. The Labute approximate surface area is 207 Å². The van der Waals surface area contributed by atoms with Crippen LogP contribution in [0.1, 0.15) is 37.3 Å². The summed E-state index contributed by atoms with van der Waals surface area (Å²) >= 11 is 6.36. The fourth-order valence-corrected chi connectivity index (χ4v) is 4.63. The van der Waals surface area contributed by atoms with Gasteiger partial charge in [0.2, 0.25) is 0 Å². The minimum absolute atomic E-state index is 0. The van der Waals surface area contributed by atoms with Crippen molar-refractivity contribution >= 4 is 47.2 Å². The molecular weight excluding hydrogens is 525 g/mol. The molecule has 1 aromatic heterocycles. The van der Waals surface area contributed by atoms with E-state index in [2.05, 4.69) is 40.9 Å². The van der Waals surface area contributed by atoms with Crippen LogP contribution in [0.2, 0.25) is 5.02 Å². The van der Waals surface area contributed by atoms with Crippen LogP contribution in [0.15, 0.2) is 29.3 Å². The molecular formula is C22H33ClIN7. The van der Waals surface area contributed by atoms with E-state index in [0.29, 0.717) is 0 Å². The van der Waals surface area contributed by atoms with Crippen molar-refractivity contribution in [2.24, 2.45) is 4.99 Å². The third-order valence-electron chi connectivity index (χ3n) is 6.03. The molecule has 4 rings (SSSR count). The number of fused-ring (bicyclic) bond motifs is 1. The molecule has 31 heavy (non-hydrogen) atoms. The number of guanidine groups is 1. The van der Waals surface area contributed by atoms with Gasteiger partial charge in [0.15, 0.2) is 5.96 Å². The van der Waals surface area contributed by atoms with Crippen LogP contribution in [0.4, 0.5) is 5.69 Å². The number of nitrogens with one attached hydrogen (secondary N) is 1. The van der Waals surface area contributed by atoms with E-state index in [9.17, 15) is 0 Å². The molecule has 0 unspecified atom stereocenters. The zero-order valence-corrected chi connectivity index (χ0v) is 21.4. The lowest BCUT2D eigenvalue weighted by Gasteiger charge is -2.38. The Kier molecular flexibility index (Phi) is 9.25. The first-order valence-corrected chi connectivity index (χ1v) is 11.5. The lowest BCUT2D eigenvalue weighted by atomic mass is 10.2. The van der Waals surface area contributed by atoms with Gasteiger partial charge in [0.05, 0.1) is 10.7 Å². The molecule has 0 spiro atoms. The van der Waals surface area contributed by atoms with Crippen molar-refractivity contribution in [2.75, 3.05) is 44.7 Å². The molecule has 2 aliphatic rings. The molecule has 1 N–H and O–H groups in total. The highest BCUT2D eigenvalue weighted by Gasteiger charge is 2.21. The van der Waals surface area contributed by atoms with E-state index >= 15 is 0 Å². The fraction of sp³-hybridized carbons (Fsp3) is 0.591. The largest absolute Gasteiger partial charge is 0.367 e. The number of nitrogens with zero attached hydrogens (tertiary/aromatic N) is 6. The van der Waals surface area contributed by atoms with Gasteiger partial charge >= 0.3 is 0 Å². The first kappa shape index (κ1) is 24.1. The molecule has 3 heterocycles. The molecule has 1 aromatic carbocycles. The van der Waals surface area contributed by atoms with E-state index in [4.69, 9.17) is 11.6 Å². The van der Waals surface area contributed by atoms with E-state index < -0.39 is 0 Å². The molecule has 0 atom stereocenters. The summed E-state index contributed by atoms with van der Waals surface area (Å²) in [4.78, 5) is 9.18. The maximum Gasteiger partial charge on any atom is 0.193 e. The van der Waals surface area contributed by atoms with Crippen molar-refractivity contribution in [3.8, 4) is 0 Å². The number of anilines is 1. The first-order chi connectivity index (χ1) is 14.8. The first-order valence-electron chi connectivity index (χ1n) is 11.1. The molecule has 170 valence electrons. The number of aryl methyl sites for hydroxylation is 2. The number of aliphatic imine (C=N–C) groups is 1. The van der Waals surface area contributed by atoms with Gasteiger partial charge in [-0.05, 0) is 31.4 Å². The maximum atomic E-state index is 6.36. The highest BCUT2D eigenvalue weighted by molar-refractivity contribution is 14.0. The predicted molar refractivity (Wildman–Crippen MR) is 138 cm³/mol. The highest BCUT2D eigenvalue weighted by Crippen LogP contribution is 2.26. The lowest BCUT2D eigenvalue weighted by Crippen LogP contribution is -2.52. The second-order valence-corrected chi connectivity index (χ2v) is 8.41. The standard InChI is InChI=1S/C22H32ClN7.HI/c1-24-22(29-16-14-28(15-17-29)19-9-5-4-8-18(19)23)25-12-7-11-21-27-26-20-10-3-2-6-13-30(20)21;/h4-5,8-9H,2-3,6-7,10-17H2,1H3,(H,24,25);1H. The van der Waals surface area contributed by atoms with Crippen LogP contribution in [-0.2, 0) is 19.4 Å². The summed E-state index contributed by atoms with van der Waals surface area (Å²) in [6.07, 6.45) is 6.82. The fourth-order valence-electron chi connectivity index (χ4n) is 4.38. The van der Waals surface area contributed by atoms with Crippen molar-refractivity contribution in [1.29, 1.82) is 0 Å². The minimum Gasteiger partial charge on any atom is -0.367 e. The number of rotatable bonds is 5. The number of para-hydroxylation sites is 1. The number of hydrogen-bond acceptors (Lipinski definition) is 4. The molecule has 0 bridgehead atoms. The summed E-state index contributed by atoms with van der Waals surface area (Å²) in [5.41, 5.74) is 1.12. The Hall–Kier alpha value is -1.55. The molecule has 2 aromatic rings. The van der Waals surface area contributed by atoms with Gasteiger partial charge in [0.25, 0.3) is 0 Å². The van der Waals surface area contributed by atoms with Crippen LogP contribution in [0.3, 0.4) is 0 Å². The quantitative estimate of drug-likeness (QED) is 0.263. The molecule has 2 aliphatic heterocycles. The van der Waals surface area contributed by atoms with E-state index in [1.165, 1.54) is 25.1 Å². The van der Waals surface area contributed by atoms with Gasteiger partial charge in [0.1, 0.15) is 11.6 Å². The summed E-state index contributed by atoms with van der Waals surface area (Å²) in [5.74, 6) is 3.29. The summed E-state index contributed by atoms with van der Waals surface area (Å²) in [5, 5.41) is 13.2. The summed E-state index contributed by atoms with van der Waals surface area (Å²) in [6, 6.07) is 8.07. The smallest absolute Gasteiger partial charge is 0.193 e. The van der Waals surface area contributed by atoms with Crippen LogP contribution in [-0.4, -0.2) is 65.4 Å². The van der Waals surface area contributed by atoms with E-state index in [-0.39, 0.29) is 24.0 Å². The van der Waals surface area contributed by atoms with Crippen LogP contribution in [0.25, 0.3) is 0 Å². The van der Waals surface area contributed by atoms with Crippen molar-refractivity contribution in [3.63, 3.8) is 0 Å². The van der Waals surface area contributed by atoms with Gasteiger partial charge in [-0.3, -0.25) is 4.99 Å². The van der Waals surface area contributed by atoms with Gasteiger partial charge < -0.3 is 19.7 Å². The Morgan fingerprint density at radius 3 is 2.65 bits per heavy atom.